The van der Waals surface area contributed by atoms with Crippen LogP contribution < -0.4 is 5.32 Å². The van der Waals surface area contributed by atoms with Gasteiger partial charge < -0.3 is 19.8 Å². The number of likely N-dealkylation sites (tertiary alicyclic amines) is 1. The molecule has 38 heavy (non-hydrogen) atoms. The van der Waals surface area contributed by atoms with Crippen LogP contribution in [0.3, 0.4) is 0 Å². The number of anilines is 1. The minimum Gasteiger partial charge on any atom is -0.461 e. The van der Waals surface area contributed by atoms with Crippen molar-refractivity contribution in [2.75, 3.05) is 18.5 Å². The van der Waals surface area contributed by atoms with Crippen LogP contribution >= 0.6 is 0 Å². The van der Waals surface area contributed by atoms with E-state index in [0.29, 0.717) is 41.4 Å². The highest BCUT2D eigenvalue weighted by Crippen LogP contribution is 2.34. The summed E-state index contributed by atoms with van der Waals surface area (Å²) < 4.78 is 10.8. The molecular formula is C28H33N5O5. The van der Waals surface area contributed by atoms with Crippen LogP contribution in [0.25, 0.3) is 11.3 Å². The summed E-state index contributed by atoms with van der Waals surface area (Å²) in [5.74, 6) is 0.0894. The molecule has 0 spiro atoms. The standard InChI is InChI=1S/C28H33N5O5/c1-6-37-26(35)23-22(31-24(32-23)20-8-7-15-33(20)27(36)38-28(3,4)5)18-10-12-19(13-11-18)25(34)30-21-14-9-17(2)16-29-21/h9-14,16,20H,6-8,15H2,1-5H3,(H,31,32)(H,29,30,34)/t20-/m0/s1. The molecule has 1 saturated heterocycles. The van der Waals surface area contributed by atoms with Gasteiger partial charge in [-0.25, -0.2) is 19.6 Å². The molecule has 10 nitrogen and oxygen atoms in total. The van der Waals surface area contributed by atoms with Crippen LogP contribution in [0, 0.1) is 6.92 Å². The number of benzene rings is 1. The summed E-state index contributed by atoms with van der Waals surface area (Å²) in [6.07, 6.45) is 2.72. The van der Waals surface area contributed by atoms with Gasteiger partial charge in [-0.3, -0.25) is 9.69 Å². The van der Waals surface area contributed by atoms with Gasteiger partial charge in [-0.1, -0.05) is 18.2 Å². The number of aryl methyl sites for hydroxylation is 1. The Kier molecular flexibility index (Phi) is 7.80. The Morgan fingerprint density at radius 3 is 2.50 bits per heavy atom. The summed E-state index contributed by atoms with van der Waals surface area (Å²) in [6.45, 7) is 9.84. The molecule has 10 heteroatoms. The number of rotatable bonds is 6. The van der Waals surface area contributed by atoms with Crippen molar-refractivity contribution >= 4 is 23.8 Å². The lowest BCUT2D eigenvalue weighted by Crippen LogP contribution is -2.36. The first-order valence-electron chi connectivity index (χ1n) is 12.7. The Morgan fingerprint density at radius 1 is 1.13 bits per heavy atom. The predicted molar refractivity (Wildman–Crippen MR) is 142 cm³/mol. The molecule has 2 amide bonds. The molecule has 200 valence electrons. The molecule has 1 atom stereocenters. The number of amides is 2. The number of esters is 1. The fourth-order valence-electron chi connectivity index (χ4n) is 4.21. The van der Waals surface area contributed by atoms with Crippen LogP contribution in [0.5, 0.6) is 0 Å². The number of aromatic nitrogens is 3. The van der Waals surface area contributed by atoms with Crippen molar-refractivity contribution in [2.45, 2.75) is 59.1 Å². The van der Waals surface area contributed by atoms with Gasteiger partial charge >= 0.3 is 12.1 Å². The van der Waals surface area contributed by atoms with Gasteiger partial charge in [0.1, 0.15) is 22.9 Å². The Hall–Kier alpha value is -4.21. The van der Waals surface area contributed by atoms with Crippen LogP contribution in [0.1, 0.15) is 78.8 Å². The maximum atomic E-state index is 12.8. The van der Waals surface area contributed by atoms with Gasteiger partial charge in [0.2, 0.25) is 0 Å². The number of H-pyrrole nitrogens is 1. The van der Waals surface area contributed by atoms with Gasteiger partial charge in [-0.05, 0) is 71.2 Å². The normalized spacial score (nSPS) is 15.3. The average Bonchev–Trinajstić information content (AvgIpc) is 3.52. The van der Waals surface area contributed by atoms with Crippen LogP contribution in [-0.2, 0) is 9.47 Å². The van der Waals surface area contributed by atoms with E-state index < -0.39 is 17.7 Å². The van der Waals surface area contributed by atoms with Crippen molar-refractivity contribution in [3.05, 3.63) is 65.2 Å². The van der Waals surface area contributed by atoms with Gasteiger partial charge in [0, 0.05) is 23.9 Å². The van der Waals surface area contributed by atoms with E-state index in [-0.39, 0.29) is 24.2 Å². The lowest BCUT2D eigenvalue weighted by Gasteiger charge is -2.27. The first kappa shape index (κ1) is 26.8. The van der Waals surface area contributed by atoms with Gasteiger partial charge in [0.15, 0.2) is 5.69 Å². The van der Waals surface area contributed by atoms with Crippen molar-refractivity contribution in [1.82, 2.24) is 19.9 Å². The topological polar surface area (TPSA) is 127 Å². The number of ether oxygens (including phenoxy) is 2. The highest BCUT2D eigenvalue weighted by Gasteiger charge is 2.36. The third kappa shape index (κ3) is 6.19. The SMILES string of the molecule is CCOC(=O)c1[nH]c([C@@H]2CCCN2C(=O)OC(C)(C)C)nc1-c1ccc(C(=O)Nc2ccc(C)cn2)cc1. The molecule has 0 bridgehead atoms. The maximum Gasteiger partial charge on any atom is 0.410 e. The maximum absolute atomic E-state index is 12.8. The van der Waals surface area contributed by atoms with E-state index in [1.165, 1.54) is 0 Å². The average molecular weight is 520 g/mol. The van der Waals surface area contributed by atoms with Crippen LogP contribution in [0.4, 0.5) is 10.6 Å². The highest BCUT2D eigenvalue weighted by atomic mass is 16.6. The van der Waals surface area contributed by atoms with Gasteiger partial charge in [0.05, 0.1) is 12.6 Å². The molecule has 0 radical (unpaired) electrons. The van der Waals surface area contributed by atoms with Gasteiger partial charge in [0.25, 0.3) is 5.91 Å². The first-order valence-corrected chi connectivity index (χ1v) is 12.7. The molecular weight excluding hydrogens is 486 g/mol. The second-order valence-corrected chi connectivity index (χ2v) is 10.2. The second kappa shape index (κ2) is 11.0. The lowest BCUT2D eigenvalue weighted by atomic mass is 10.1. The summed E-state index contributed by atoms with van der Waals surface area (Å²) in [5.41, 5.74) is 2.01. The molecule has 0 saturated carbocycles. The van der Waals surface area contributed by atoms with Crippen molar-refractivity contribution in [1.29, 1.82) is 0 Å². The van der Waals surface area contributed by atoms with Crippen molar-refractivity contribution in [2.24, 2.45) is 0 Å². The molecule has 1 aliphatic heterocycles. The number of pyridine rings is 1. The van der Waals surface area contributed by atoms with E-state index in [2.05, 4.69) is 15.3 Å². The fraction of sp³-hybridized carbons (Fsp3) is 0.393. The molecule has 2 N–H and O–H groups in total. The number of nitrogens with one attached hydrogen (secondary N) is 2. The predicted octanol–water partition coefficient (Wildman–Crippen LogP) is 5.28. The van der Waals surface area contributed by atoms with Crippen molar-refractivity contribution < 1.29 is 23.9 Å². The van der Waals surface area contributed by atoms with E-state index >= 15 is 0 Å². The zero-order valence-electron chi connectivity index (χ0n) is 22.3. The largest absolute Gasteiger partial charge is 0.461 e. The minimum atomic E-state index is -0.627. The Balaban J connectivity index is 1.60. The molecule has 2 aromatic heterocycles. The molecule has 3 heterocycles. The van der Waals surface area contributed by atoms with Gasteiger partial charge in [-0.2, -0.15) is 0 Å². The van der Waals surface area contributed by atoms with E-state index in [0.717, 1.165) is 12.0 Å². The number of nitrogens with zero attached hydrogens (tertiary/aromatic N) is 3. The third-order valence-electron chi connectivity index (χ3n) is 5.97. The summed E-state index contributed by atoms with van der Waals surface area (Å²) in [4.78, 5) is 52.0. The van der Waals surface area contributed by atoms with Crippen molar-refractivity contribution in [3.63, 3.8) is 0 Å². The summed E-state index contributed by atoms with van der Waals surface area (Å²) in [7, 11) is 0. The van der Waals surface area contributed by atoms with E-state index in [1.54, 1.807) is 48.4 Å². The molecule has 3 aromatic rings. The fourth-order valence-corrected chi connectivity index (χ4v) is 4.21. The Morgan fingerprint density at radius 2 is 1.87 bits per heavy atom. The second-order valence-electron chi connectivity index (χ2n) is 10.2. The Labute approximate surface area is 221 Å². The number of carbonyl (C=O) groups excluding carboxylic acids is 3. The Bertz CT molecular complexity index is 1310. The third-order valence-corrected chi connectivity index (χ3v) is 5.97. The quantitative estimate of drug-likeness (QED) is 0.424. The molecule has 1 aromatic carbocycles. The number of aromatic amines is 1. The zero-order valence-corrected chi connectivity index (χ0v) is 22.3. The summed E-state index contributed by atoms with van der Waals surface area (Å²) >= 11 is 0. The minimum absolute atomic E-state index is 0.193. The molecule has 1 aliphatic rings. The number of imidazole rings is 1. The summed E-state index contributed by atoms with van der Waals surface area (Å²) in [6, 6.07) is 10.0. The molecule has 1 fully saturated rings. The smallest absolute Gasteiger partial charge is 0.410 e. The van der Waals surface area contributed by atoms with E-state index in [9.17, 15) is 14.4 Å². The highest BCUT2D eigenvalue weighted by molar-refractivity contribution is 6.04. The number of carbonyl (C=O) groups is 3. The van der Waals surface area contributed by atoms with Crippen LogP contribution in [0.2, 0.25) is 0 Å². The van der Waals surface area contributed by atoms with E-state index in [1.807, 2.05) is 33.8 Å². The number of hydrogen-bond donors (Lipinski definition) is 2. The molecule has 0 unspecified atom stereocenters. The van der Waals surface area contributed by atoms with Crippen LogP contribution in [-0.4, -0.2) is 56.6 Å². The molecule has 0 aliphatic carbocycles. The number of hydrogen-bond acceptors (Lipinski definition) is 7. The zero-order chi connectivity index (χ0) is 27.4. The monoisotopic (exact) mass is 519 g/mol. The van der Waals surface area contributed by atoms with Crippen molar-refractivity contribution in [3.8, 4) is 11.3 Å². The molecule has 4 rings (SSSR count). The first-order chi connectivity index (χ1) is 18.1. The lowest BCUT2D eigenvalue weighted by molar-refractivity contribution is 0.0218. The summed E-state index contributed by atoms with van der Waals surface area (Å²) in [5, 5.41) is 2.77. The van der Waals surface area contributed by atoms with Crippen LogP contribution in [0.15, 0.2) is 42.6 Å². The van der Waals surface area contributed by atoms with Gasteiger partial charge in [-0.15, -0.1) is 0 Å². The van der Waals surface area contributed by atoms with E-state index in [4.69, 9.17) is 14.5 Å².